The maximum absolute atomic E-state index is 14.3. The van der Waals surface area contributed by atoms with E-state index in [1.54, 1.807) is 18.5 Å². The van der Waals surface area contributed by atoms with Crippen molar-refractivity contribution >= 4 is 28.5 Å². The van der Waals surface area contributed by atoms with Crippen molar-refractivity contribution in [2.24, 2.45) is 5.92 Å². The van der Waals surface area contributed by atoms with Crippen molar-refractivity contribution in [1.82, 2.24) is 24.8 Å². The average Bonchev–Trinajstić information content (AvgIpc) is 3.15. The van der Waals surface area contributed by atoms with Crippen molar-refractivity contribution in [2.45, 2.75) is 19.3 Å². The highest BCUT2D eigenvalue weighted by atomic mass is 35.5. The Labute approximate surface area is 172 Å². The lowest BCUT2D eigenvalue weighted by molar-refractivity contribution is 0.184. The van der Waals surface area contributed by atoms with Crippen molar-refractivity contribution in [3.8, 4) is 17.5 Å². The lowest BCUT2D eigenvalue weighted by Crippen LogP contribution is -2.38. The zero-order valence-corrected chi connectivity index (χ0v) is 16.6. The molecule has 0 saturated carbocycles. The molecule has 0 bridgehead atoms. The van der Waals surface area contributed by atoms with Crippen LogP contribution < -0.4 is 5.32 Å². The van der Waals surface area contributed by atoms with Crippen LogP contribution >= 0.6 is 11.6 Å². The summed E-state index contributed by atoms with van der Waals surface area (Å²) >= 11 is 6.06. The molecule has 0 unspecified atom stereocenters. The third kappa shape index (κ3) is 4.47. The number of H-pyrrole nitrogens is 1. The summed E-state index contributed by atoms with van der Waals surface area (Å²) in [5.74, 6) is 0.496. The topological polar surface area (TPSA) is 93.5 Å². The summed E-state index contributed by atoms with van der Waals surface area (Å²) in [6, 6.07) is 3.98. The lowest BCUT2D eigenvalue weighted by Gasteiger charge is -2.32. The number of hydrogen-bond donors (Lipinski definition) is 2. The molecule has 9 heteroatoms. The molecule has 0 amide bonds. The Balaban J connectivity index is 1.49. The van der Waals surface area contributed by atoms with Gasteiger partial charge in [0.2, 0.25) is 0 Å². The Kier molecular flexibility index (Phi) is 5.88. The van der Waals surface area contributed by atoms with E-state index in [1.807, 2.05) is 0 Å². The van der Waals surface area contributed by atoms with E-state index >= 15 is 0 Å². The molecule has 3 aromatic rings. The summed E-state index contributed by atoms with van der Waals surface area (Å²) in [5, 5.41) is 13.2. The molecule has 150 valence electrons. The highest BCUT2D eigenvalue weighted by Gasteiger charge is 2.20. The minimum atomic E-state index is -0.484. The Morgan fingerprint density at radius 3 is 3.14 bits per heavy atom. The van der Waals surface area contributed by atoms with Crippen LogP contribution in [0.15, 0.2) is 24.7 Å². The lowest BCUT2D eigenvalue weighted by atomic mass is 9.98. The summed E-state index contributed by atoms with van der Waals surface area (Å²) in [4.78, 5) is 18.1. The van der Waals surface area contributed by atoms with Gasteiger partial charge in [-0.15, -0.1) is 0 Å². The van der Waals surface area contributed by atoms with Gasteiger partial charge in [0.15, 0.2) is 17.5 Å². The molecule has 2 N–H and O–H groups in total. The van der Waals surface area contributed by atoms with Gasteiger partial charge in [-0.1, -0.05) is 11.6 Å². The van der Waals surface area contributed by atoms with E-state index in [4.69, 9.17) is 16.9 Å². The smallest absolute Gasteiger partial charge is 0.183 e. The molecular weight excluding hydrogens is 393 g/mol. The van der Waals surface area contributed by atoms with E-state index in [-0.39, 0.29) is 5.82 Å². The van der Waals surface area contributed by atoms with Gasteiger partial charge in [0.25, 0.3) is 0 Å². The molecule has 4 rings (SSSR count). The Morgan fingerprint density at radius 2 is 2.28 bits per heavy atom. The summed E-state index contributed by atoms with van der Waals surface area (Å²) < 4.78 is 14.3. The molecule has 0 spiro atoms. The average molecular weight is 414 g/mol. The zero-order chi connectivity index (χ0) is 20.2. The van der Waals surface area contributed by atoms with Crippen LogP contribution in [0.4, 0.5) is 10.2 Å². The molecule has 4 heterocycles. The van der Waals surface area contributed by atoms with Crippen molar-refractivity contribution in [3.63, 3.8) is 0 Å². The first-order valence-electron chi connectivity index (χ1n) is 9.62. The number of fused-ring (bicyclic) bond motifs is 1. The van der Waals surface area contributed by atoms with Crippen LogP contribution in [-0.2, 0) is 0 Å². The molecule has 1 aliphatic rings. The SMILES string of the molecule is N#CCCN1CCC[C@@H](CNc2nc(-c3c[nH]c4ncc(Cl)cc34)ncc2F)C1. The monoisotopic (exact) mass is 413 g/mol. The third-order valence-corrected chi connectivity index (χ3v) is 5.39. The van der Waals surface area contributed by atoms with Gasteiger partial charge < -0.3 is 15.2 Å². The summed E-state index contributed by atoms with van der Waals surface area (Å²) in [7, 11) is 0. The molecule has 0 aromatic carbocycles. The molecule has 1 saturated heterocycles. The maximum Gasteiger partial charge on any atom is 0.183 e. The molecule has 7 nitrogen and oxygen atoms in total. The second kappa shape index (κ2) is 8.72. The van der Waals surface area contributed by atoms with Crippen LogP contribution in [0, 0.1) is 23.1 Å². The van der Waals surface area contributed by atoms with Crippen LogP contribution in [0.3, 0.4) is 0 Å². The number of halogens is 2. The maximum atomic E-state index is 14.3. The summed E-state index contributed by atoms with van der Waals surface area (Å²) in [5.41, 5.74) is 1.39. The molecule has 3 aromatic heterocycles. The van der Waals surface area contributed by atoms with Gasteiger partial charge in [0.1, 0.15) is 5.65 Å². The van der Waals surface area contributed by atoms with Crippen LogP contribution in [0.1, 0.15) is 19.3 Å². The number of nitriles is 1. The van der Waals surface area contributed by atoms with E-state index in [1.165, 1.54) is 6.20 Å². The first-order chi connectivity index (χ1) is 14.1. The summed E-state index contributed by atoms with van der Waals surface area (Å²) in [6.07, 6.45) is 7.18. The Morgan fingerprint density at radius 1 is 1.38 bits per heavy atom. The predicted octanol–water partition coefficient (Wildman–Crippen LogP) is 3.85. The molecule has 1 aliphatic heterocycles. The molecular formula is C20H21ClFN7. The predicted molar refractivity (Wildman–Crippen MR) is 110 cm³/mol. The van der Waals surface area contributed by atoms with Gasteiger partial charge in [-0.25, -0.2) is 19.3 Å². The van der Waals surface area contributed by atoms with Gasteiger partial charge in [-0.3, -0.25) is 0 Å². The first-order valence-corrected chi connectivity index (χ1v) is 10.0. The fourth-order valence-corrected chi connectivity index (χ4v) is 3.91. The van der Waals surface area contributed by atoms with Gasteiger partial charge in [0.05, 0.1) is 17.3 Å². The van der Waals surface area contributed by atoms with E-state index in [9.17, 15) is 4.39 Å². The number of anilines is 1. The highest BCUT2D eigenvalue weighted by molar-refractivity contribution is 6.31. The Bertz CT molecular complexity index is 1040. The van der Waals surface area contributed by atoms with Gasteiger partial charge in [-0.05, 0) is 31.4 Å². The minimum absolute atomic E-state index is 0.188. The van der Waals surface area contributed by atoms with Gasteiger partial charge in [0, 0.05) is 49.4 Å². The minimum Gasteiger partial charge on any atom is -0.367 e. The van der Waals surface area contributed by atoms with Crippen LogP contribution in [0.5, 0.6) is 0 Å². The third-order valence-electron chi connectivity index (χ3n) is 5.18. The quantitative estimate of drug-likeness (QED) is 0.637. The molecule has 0 radical (unpaired) electrons. The number of pyridine rings is 1. The number of piperidine rings is 1. The molecule has 0 aliphatic carbocycles. The normalized spacial score (nSPS) is 17.3. The van der Waals surface area contributed by atoms with Crippen LogP contribution in [0.2, 0.25) is 5.02 Å². The molecule has 29 heavy (non-hydrogen) atoms. The van der Waals surface area contributed by atoms with Gasteiger partial charge in [-0.2, -0.15) is 5.26 Å². The van der Waals surface area contributed by atoms with Crippen molar-refractivity contribution in [3.05, 3.63) is 35.5 Å². The standard InChI is InChI=1S/C20H21ClFN7/c21-14-7-15-16(10-26-18(15)25-9-14)19-27-11-17(22)20(28-19)24-8-13-3-1-5-29(12-13)6-2-4-23/h7,9-11,13H,1-3,5-6,8,12H2,(H,25,26)(H,24,27,28)/t13-/m0/s1. The van der Waals surface area contributed by atoms with Crippen molar-refractivity contribution < 1.29 is 4.39 Å². The van der Waals surface area contributed by atoms with Crippen molar-refractivity contribution in [2.75, 3.05) is 31.5 Å². The summed E-state index contributed by atoms with van der Waals surface area (Å²) in [6.45, 7) is 3.33. The van der Waals surface area contributed by atoms with E-state index in [0.29, 0.717) is 35.4 Å². The number of nitrogens with one attached hydrogen (secondary N) is 2. The second-order valence-corrected chi connectivity index (χ2v) is 7.68. The van der Waals surface area contributed by atoms with Crippen LogP contribution in [-0.4, -0.2) is 51.0 Å². The van der Waals surface area contributed by atoms with Gasteiger partial charge >= 0.3 is 0 Å². The van der Waals surface area contributed by atoms with Crippen LogP contribution in [0.25, 0.3) is 22.4 Å². The number of nitrogens with zero attached hydrogens (tertiary/aromatic N) is 5. The van der Waals surface area contributed by atoms with Crippen molar-refractivity contribution in [1.29, 1.82) is 5.26 Å². The number of rotatable bonds is 6. The second-order valence-electron chi connectivity index (χ2n) is 7.24. The number of aromatic amines is 1. The molecule has 1 fully saturated rings. The number of aromatic nitrogens is 4. The first kappa shape index (κ1) is 19.6. The number of hydrogen-bond acceptors (Lipinski definition) is 6. The van der Waals surface area contributed by atoms with E-state index in [2.05, 4.69) is 36.2 Å². The van der Waals surface area contributed by atoms with E-state index < -0.39 is 5.82 Å². The van der Waals surface area contributed by atoms with E-state index in [0.717, 1.165) is 43.4 Å². The zero-order valence-electron chi connectivity index (χ0n) is 15.8. The fourth-order valence-electron chi connectivity index (χ4n) is 3.75. The largest absolute Gasteiger partial charge is 0.367 e. The molecule has 1 atom stereocenters. The highest BCUT2D eigenvalue weighted by Crippen LogP contribution is 2.28. The fraction of sp³-hybridized carbons (Fsp3) is 0.400. The Hall–Kier alpha value is -2.76. The number of likely N-dealkylation sites (tertiary alicyclic amines) is 1.